The first-order valence-corrected chi connectivity index (χ1v) is 8.15. The average Bonchev–Trinajstić information content (AvgIpc) is 3.30. The summed E-state index contributed by atoms with van der Waals surface area (Å²) in [5.74, 6) is 0.208. The standard InChI is InChI=1S/C16H14F3N7O/c17-16(18,19)12-2-1-10(7-21-12)15(27)23-11-3-5-25(8-11)13-14-24-22-9-26(14)6-4-20-13/h1-2,4,6-7,9,11H,3,5,8H2,(H,23,27)/t11-/m0/s1. The molecule has 3 aromatic heterocycles. The monoisotopic (exact) mass is 377 g/mol. The summed E-state index contributed by atoms with van der Waals surface area (Å²) in [4.78, 5) is 21.9. The van der Waals surface area contributed by atoms with Crippen LogP contribution in [-0.2, 0) is 6.18 Å². The van der Waals surface area contributed by atoms with Crippen LogP contribution in [0.5, 0.6) is 0 Å². The van der Waals surface area contributed by atoms with Crippen molar-refractivity contribution >= 4 is 17.4 Å². The van der Waals surface area contributed by atoms with E-state index in [1.54, 1.807) is 23.1 Å². The van der Waals surface area contributed by atoms with E-state index in [1.165, 1.54) is 0 Å². The molecule has 0 spiro atoms. The molecule has 27 heavy (non-hydrogen) atoms. The first-order valence-electron chi connectivity index (χ1n) is 8.15. The Labute approximate surface area is 151 Å². The van der Waals surface area contributed by atoms with Gasteiger partial charge in [0.25, 0.3) is 5.91 Å². The minimum atomic E-state index is -4.53. The van der Waals surface area contributed by atoms with E-state index in [9.17, 15) is 18.0 Å². The Morgan fingerprint density at radius 1 is 1.26 bits per heavy atom. The maximum absolute atomic E-state index is 12.6. The molecular formula is C16H14F3N7O. The number of hydrogen-bond donors (Lipinski definition) is 1. The molecule has 3 aromatic rings. The normalized spacial score (nSPS) is 17.4. The Morgan fingerprint density at radius 3 is 2.85 bits per heavy atom. The summed E-state index contributed by atoms with van der Waals surface area (Å²) >= 11 is 0. The van der Waals surface area contributed by atoms with Crippen LogP contribution in [0.15, 0.2) is 37.1 Å². The lowest BCUT2D eigenvalue weighted by molar-refractivity contribution is -0.141. The molecule has 11 heteroatoms. The molecule has 4 heterocycles. The molecule has 1 aliphatic heterocycles. The quantitative estimate of drug-likeness (QED) is 0.745. The molecule has 0 radical (unpaired) electrons. The molecule has 0 saturated carbocycles. The van der Waals surface area contributed by atoms with Crippen molar-refractivity contribution in [3.05, 3.63) is 48.3 Å². The van der Waals surface area contributed by atoms with Crippen LogP contribution in [0.2, 0.25) is 0 Å². The molecule has 1 amide bonds. The second-order valence-corrected chi connectivity index (χ2v) is 6.15. The molecule has 0 aliphatic carbocycles. The number of amides is 1. The van der Waals surface area contributed by atoms with Crippen LogP contribution in [0.1, 0.15) is 22.5 Å². The summed E-state index contributed by atoms with van der Waals surface area (Å²) in [6.07, 6.45) is 2.04. The highest BCUT2D eigenvalue weighted by Gasteiger charge is 2.32. The number of nitrogens with zero attached hydrogens (tertiary/aromatic N) is 6. The molecule has 1 saturated heterocycles. The highest BCUT2D eigenvalue weighted by Crippen LogP contribution is 2.27. The van der Waals surface area contributed by atoms with Gasteiger partial charge in [-0.05, 0) is 18.6 Å². The Kier molecular flexibility index (Phi) is 4.13. The Bertz CT molecular complexity index is 970. The molecule has 1 atom stereocenters. The van der Waals surface area contributed by atoms with E-state index in [0.717, 1.165) is 18.3 Å². The van der Waals surface area contributed by atoms with Gasteiger partial charge in [0.15, 0.2) is 5.82 Å². The van der Waals surface area contributed by atoms with Crippen LogP contribution in [0.25, 0.3) is 5.65 Å². The summed E-state index contributed by atoms with van der Waals surface area (Å²) in [5, 5.41) is 10.7. The zero-order chi connectivity index (χ0) is 19.0. The van der Waals surface area contributed by atoms with E-state index in [-0.39, 0.29) is 11.6 Å². The van der Waals surface area contributed by atoms with Gasteiger partial charge < -0.3 is 10.2 Å². The van der Waals surface area contributed by atoms with Crippen LogP contribution in [-0.4, -0.2) is 49.6 Å². The zero-order valence-electron chi connectivity index (χ0n) is 13.9. The number of rotatable bonds is 3. The predicted octanol–water partition coefficient (Wildman–Crippen LogP) is 1.55. The second-order valence-electron chi connectivity index (χ2n) is 6.15. The molecule has 1 fully saturated rings. The van der Waals surface area contributed by atoms with Crippen molar-refractivity contribution in [2.24, 2.45) is 0 Å². The topological polar surface area (TPSA) is 88.3 Å². The summed E-state index contributed by atoms with van der Waals surface area (Å²) in [5.41, 5.74) is -0.325. The van der Waals surface area contributed by atoms with Crippen molar-refractivity contribution in [3.8, 4) is 0 Å². The van der Waals surface area contributed by atoms with E-state index in [0.29, 0.717) is 31.0 Å². The fraction of sp³-hybridized carbons (Fsp3) is 0.312. The largest absolute Gasteiger partial charge is 0.433 e. The van der Waals surface area contributed by atoms with Gasteiger partial charge in [0.1, 0.15) is 12.0 Å². The minimum absolute atomic E-state index is 0.0825. The van der Waals surface area contributed by atoms with Gasteiger partial charge in [0.05, 0.1) is 5.56 Å². The van der Waals surface area contributed by atoms with Crippen molar-refractivity contribution in [3.63, 3.8) is 0 Å². The molecule has 1 aliphatic rings. The third kappa shape index (κ3) is 3.39. The van der Waals surface area contributed by atoms with Crippen molar-refractivity contribution in [1.82, 2.24) is 29.9 Å². The molecule has 1 N–H and O–H groups in total. The number of alkyl halides is 3. The molecule has 0 unspecified atom stereocenters. The predicted molar refractivity (Wildman–Crippen MR) is 88.1 cm³/mol. The SMILES string of the molecule is O=C(N[C@H]1CCN(c2nccn3cnnc23)C1)c1ccc(C(F)(F)F)nc1. The lowest BCUT2D eigenvalue weighted by Gasteiger charge is -2.18. The second kappa shape index (κ2) is 6.49. The fourth-order valence-electron chi connectivity index (χ4n) is 3.00. The Hall–Kier alpha value is -3.24. The number of halogens is 3. The number of nitrogens with one attached hydrogen (secondary N) is 1. The third-order valence-electron chi connectivity index (χ3n) is 4.34. The minimum Gasteiger partial charge on any atom is -0.351 e. The maximum atomic E-state index is 12.6. The van der Waals surface area contributed by atoms with E-state index in [2.05, 4.69) is 25.5 Å². The van der Waals surface area contributed by atoms with E-state index in [1.807, 2.05) is 4.90 Å². The van der Waals surface area contributed by atoms with E-state index < -0.39 is 17.8 Å². The van der Waals surface area contributed by atoms with Gasteiger partial charge in [0.2, 0.25) is 5.65 Å². The van der Waals surface area contributed by atoms with Crippen molar-refractivity contribution in [2.75, 3.05) is 18.0 Å². The fourth-order valence-corrected chi connectivity index (χ4v) is 3.00. The average molecular weight is 377 g/mol. The number of pyridine rings is 1. The number of anilines is 1. The lowest BCUT2D eigenvalue weighted by atomic mass is 10.2. The molecule has 4 rings (SSSR count). The van der Waals surface area contributed by atoms with Gasteiger partial charge >= 0.3 is 6.18 Å². The van der Waals surface area contributed by atoms with Gasteiger partial charge in [-0.1, -0.05) is 0 Å². The van der Waals surface area contributed by atoms with E-state index in [4.69, 9.17) is 0 Å². The Balaban J connectivity index is 1.42. The molecule has 0 aromatic carbocycles. The van der Waals surface area contributed by atoms with Gasteiger partial charge in [-0.15, -0.1) is 10.2 Å². The lowest BCUT2D eigenvalue weighted by Crippen LogP contribution is -2.37. The first kappa shape index (κ1) is 17.2. The highest BCUT2D eigenvalue weighted by atomic mass is 19.4. The van der Waals surface area contributed by atoms with Crippen LogP contribution in [0.3, 0.4) is 0 Å². The Morgan fingerprint density at radius 2 is 2.11 bits per heavy atom. The van der Waals surface area contributed by atoms with Crippen molar-refractivity contribution in [2.45, 2.75) is 18.6 Å². The van der Waals surface area contributed by atoms with Gasteiger partial charge in [0, 0.05) is 37.7 Å². The van der Waals surface area contributed by atoms with Crippen LogP contribution >= 0.6 is 0 Å². The number of carbonyl (C=O) groups excluding carboxylic acids is 1. The number of carbonyl (C=O) groups is 1. The number of aromatic nitrogens is 5. The number of hydrogen-bond acceptors (Lipinski definition) is 6. The van der Waals surface area contributed by atoms with Crippen molar-refractivity contribution < 1.29 is 18.0 Å². The summed E-state index contributed by atoms with van der Waals surface area (Å²) in [7, 11) is 0. The first-order chi connectivity index (χ1) is 12.9. The van der Waals surface area contributed by atoms with E-state index >= 15 is 0 Å². The molecule has 8 nitrogen and oxygen atoms in total. The smallest absolute Gasteiger partial charge is 0.351 e. The maximum Gasteiger partial charge on any atom is 0.433 e. The molecule has 140 valence electrons. The third-order valence-corrected chi connectivity index (χ3v) is 4.34. The van der Waals surface area contributed by atoms with Crippen LogP contribution < -0.4 is 10.2 Å². The summed E-state index contributed by atoms with van der Waals surface area (Å²) in [6, 6.07) is 1.76. The highest BCUT2D eigenvalue weighted by molar-refractivity contribution is 5.94. The zero-order valence-corrected chi connectivity index (χ0v) is 13.9. The van der Waals surface area contributed by atoms with Crippen LogP contribution in [0.4, 0.5) is 19.0 Å². The van der Waals surface area contributed by atoms with Gasteiger partial charge in [-0.2, -0.15) is 13.2 Å². The molecular weight excluding hydrogens is 363 g/mol. The summed E-state index contributed by atoms with van der Waals surface area (Å²) < 4.78 is 39.4. The van der Waals surface area contributed by atoms with Gasteiger partial charge in [-0.25, -0.2) is 4.98 Å². The number of fused-ring (bicyclic) bond motifs is 1. The van der Waals surface area contributed by atoms with Crippen LogP contribution in [0, 0.1) is 0 Å². The van der Waals surface area contributed by atoms with Gasteiger partial charge in [-0.3, -0.25) is 14.2 Å². The summed E-state index contributed by atoms with van der Waals surface area (Å²) in [6.45, 7) is 1.18. The molecule has 0 bridgehead atoms. The van der Waals surface area contributed by atoms with Crippen molar-refractivity contribution in [1.29, 1.82) is 0 Å².